The van der Waals surface area contributed by atoms with E-state index in [0.717, 1.165) is 12.7 Å². The summed E-state index contributed by atoms with van der Waals surface area (Å²) in [5.41, 5.74) is 0.879. The SMILES string of the molecule is COC(=O)NS(=O)(=O)NC(CCc1ccccc1)C(=O)O. The molecule has 0 saturated carbocycles. The number of nitrogens with one attached hydrogen (secondary N) is 2. The molecule has 3 N–H and O–H groups in total. The number of hydrogen-bond acceptors (Lipinski definition) is 5. The van der Waals surface area contributed by atoms with Gasteiger partial charge < -0.3 is 9.84 Å². The molecule has 0 fully saturated rings. The summed E-state index contributed by atoms with van der Waals surface area (Å²) in [6.07, 6.45) is -0.783. The standard InChI is InChI=1S/C12H16N2O6S/c1-20-12(17)14-21(18,19)13-10(11(15)16)8-7-9-5-3-2-4-6-9/h2-6,10,13H,7-8H2,1H3,(H,14,17)(H,15,16). The minimum atomic E-state index is -4.30. The number of carbonyl (C=O) groups excluding carboxylic acids is 1. The lowest BCUT2D eigenvalue weighted by molar-refractivity contribution is -0.139. The van der Waals surface area contributed by atoms with E-state index >= 15 is 0 Å². The lowest BCUT2D eigenvalue weighted by Crippen LogP contribution is -2.48. The first-order valence-electron chi connectivity index (χ1n) is 5.99. The molecule has 0 aliphatic heterocycles. The van der Waals surface area contributed by atoms with Crippen LogP contribution in [0.15, 0.2) is 30.3 Å². The van der Waals surface area contributed by atoms with E-state index in [4.69, 9.17) is 5.11 Å². The number of rotatable bonds is 7. The van der Waals surface area contributed by atoms with E-state index in [1.807, 2.05) is 10.8 Å². The van der Waals surface area contributed by atoms with Gasteiger partial charge in [0.2, 0.25) is 0 Å². The van der Waals surface area contributed by atoms with Crippen molar-refractivity contribution >= 4 is 22.3 Å². The van der Waals surface area contributed by atoms with Crippen LogP contribution in [0.3, 0.4) is 0 Å². The molecule has 9 heteroatoms. The van der Waals surface area contributed by atoms with E-state index < -0.39 is 28.3 Å². The van der Waals surface area contributed by atoms with Gasteiger partial charge in [-0.3, -0.25) is 4.79 Å². The van der Waals surface area contributed by atoms with E-state index in [2.05, 4.69) is 4.74 Å². The van der Waals surface area contributed by atoms with Gasteiger partial charge in [-0.25, -0.2) is 9.52 Å². The van der Waals surface area contributed by atoms with Crippen molar-refractivity contribution in [2.24, 2.45) is 0 Å². The average Bonchev–Trinajstić information content (AvgIpc) is 2.43. The quantitative estimate of drug-likeness (QED) is 0.663. The second-order valence-electron chi connectivity index (χ2n) is 4.13. The van der Waals surface area contributed by atoms with Gasteiger partial charge in [-0.15, -0.1) is 0 Å². The zero-order valence-electron chi connectivity index (χ0n) is 11.3. The predicted molar refractivity (Wildman–Crippen MR) is 73.8 cm³/mol. The summed E-state index contributed by atoms with van der Waals surface area (Å²) in [5, 5.41) is 9.04. The third-order valence-electron chi connectivity index (χ3n) is 2.56. The molecule has 1 atom stereocenters. The Morgan fingerprint density at radius 2 is 1.90 bits per heavy atom. The Morgan fingerprint density at radius 1 is 1.29 bits per heavy atom. The number of amides is 1. The van der Waals surface area contributed by atoms with Crippen LogP contribution in [0, 0.1) is 0 Å². The number of carbonyl (C=O) groups is 2. The molecular formula is C12H16N2O6S. The van der Waals surface area contributed by atoms with E-state index in [1.165, 1.54) is 4.72 Å². The molecule has 116 valence electrons. The lowest BCUT2D eigenvalue weighted by Gasteiger charge is -2.14. The molecule has 0 aliphatic carbocycles. The zero-order valence-corrected chi connectivity index (χ0v) is 12.1. The second kappa shape index (κ2) is 7.60. The number of carboxylic acids is 1. The first-order chi connectivity index (χ1) is 9.84. The van der Waals surface area contributed by atoms with Crippen LogP contribution >= 0.6 is 0 Å². The van der Waals surface area contributed by atoms with Crippen molar-refractivity contribution in [3.8, 4) is 0 Å². The fourth-order valence-corrected chi connectivity index (χ4v) is 2.51. The second-order valence-corrected chi connectivity index (χ2v) is 5.58. The number of benzene rings is 1. The lowest BCUT2D eigenvalue weighted by atomic mass is 10.1. The number of carboxylic acid groups (broad SMARTS) is 1. The van der Waals surface area contributed by atoms with Crippen LogP contribution < -0.4 is 9.44 Å². The molecule has 1 unspecified atom stereocenters. The Kier molecular flexibility index (Phi) is 6.12. The highest BCUT2D eigenvalue weighted by molar-refractivity contribution is 7.88. The highest BCUT2D eigenvalue weighted by atomic mass is 32.2. The normalized spacial score (nSPS) is 12.4. The highest BCUT2D eigenvalue weighted by Gasteiger charge is 2.25. The van der Waals surface area contributed by atoms with Crippen LogP contribution in [0.1, 0.15) is 12.0 Å². The van der Waals surface area contributed by atoms with Crippen molar-refractivity contribution in [3.63, 3.8) is 0 Å². The molecular weight excluding hydrogens is 300 g/mol. The molecule has 0 radical (unpaired) electrons. The van der Waals surface area contributed by atoms with Gasteiger partial charge in [-0.1, -0.05) is 30.3 Å². The van der Waals surface area contributed by atoms with Gasteiger partial charge in [0, 0.05) is 0 Å². The van der Waals surface area contributed by atoms with E-state index in [9.17, 15) is 18.0 Å². The van der Waals surface area contributed by atoms with Crippen molar-refractivity contribution in [2.45, 2.75) is 18.9 Å². The van der Waals surface area contributed by atoms with Crippen LogP contribution in [0.25, 0.3) is 0 Å². The Balaban J connectivity index is 2.66. The van der Waals surface area contributed by atoms with Crippen LogP contribution in [0.5, 0.6) is 0 Å². The number of aliphatic carboxylic acids is 1. The van der Waals surface area contributed by atoms with Gasteiger partial charge in [0.25, 0.3) is 0 Å². The van der Waals surface area contributed by atoms with Crippen LogP contribution in [-0.2, 0) is 26.2 Å². The average molecular weight is 316 g/mol. The molecule has 0 bridgehead atoms. The minimum absolute atomic E-state index is 0.0431. The summed E-state index contributed by atoms with van der Waals surface area (Å²) in [4.78, 5) is 21.9. The molecule has 1 amide bonds. The van der Waals surface area contributed by atoms with Gasteiger partial charge in [0.15, 0.2) is 0 Å². The first-order valence-corrected chi connectivity index (χ1v) is 7.47. The van der Waals surface area contributed by atoms with E-state index in [1.54, 1.807) is 24.3 Å². The molecule has 0 saturated heterocycles. The molecule has 1 aromatic rings. The van der Waals surface area contributed by atoms with Gasteiger partial charge >= 0.3 is 22.3 Å². The molecule has 0 spiro atoms. The maximum atomic E-state index is 11.5. The summed E-state index contributed by atoms with van der Waals surface area (Å²) >= 11 is 0. The molecule has 8 nitrogen and oxygen atoms in total. The maximum Gasteiger partial charge on any atom is 0.421 e. The third kappa shape index (κ3) is 6.23. The topological polar surface area (TPSA) is 122 Å². The smallest absolute Gasteiger partial charge is 0.421 e. The monoisotopic (exact) mass is 316 g/mol. The van der Waals surface area contributed by atoms with E-state index in [0.29, 0.717) is 6.42 Å². The van der Waals surface area contributed by atoms with Crippen molar-refractivity contribution in [1.29, 1.82) is 0 Å². The molecule has 21 heavy (non-hydrogen) atoms. The number of hydrogen-bond donors (Lipinski definition) is 3. The third-order valence-corrected chi connectivity index (χ3v) is 3.59. The van der Waals surface area contributed by atoms with Gasteiger partial charge in [-0.2, -0.15) is 13.1 Å². The first kappa shape index (κ1) is 16.9. The van der Waals surface area contributed by atoms with E-state index in [-0.39, 0.29) is 6.42 Å². The van der Waals surface area contributed by atoms with Crippen molar-refractivity contribution < 1.29 is 27.9 Å². The van der Waals surface area contributed by atoms with Gasteiger partial charge in [0.05, 0.1) is 7.11 Å². The van der Waals surface area contributed by atoms with Crippen molar-refractivity contribution in [2.75, 3.05) is 7.11 Å². The fraction of sp³-hybridized carbons (Fsp3) is 0.333. The molecule has 1 rings (SSSR count). The molecule has 0 aromatic heterocycles. The summed E-state index contributed by atoms with van der Waals surface area (Å²) in [5.74, 6) is -1.33. The Hall–Kier alpha value is -2.13. The highest BCUT2D eigenvalue weighted by Crippen LogP contribution is 2.06. The summed E-state index contributed by atoms with van der Waals surface area (Å²) in [7, 11) is -3.30. The summed E-state index contributed by atoms with van der Waals surface area (Å²) < 4.78 is 30.6. The Morgan fingerprint density at radius 3 is 2.43 bits per heavy atom. The minimum Gasteiger partial charge on any atom is -0.480 e. The number of ether oxygens (including phenoxy) is 1. The maximum absolute atomic E-state index is 11.5. The largest absolute Gasteiger partial charge is 0.480 e. The van der Waals surface area contributed by atoms with Crippen LogP contribution in [-0.4, -0.2) is 38.7 Å². The Bertz CT molecular complexity index is 587. The predicted octanol–water partition coefficient (Wildman–Crippen LogP) is 0.263. The van der Waals surface area contributed by atoms with Crippen LogP contribution in [0.4, 0.5) is 4.79 Å². The Labute approximate surface area is 122 Å². The number of aryl methyl sites for hydroxylation is 1. The summed E-state index contributed by atoms with van der Waals surface area (Å²) in [6.45, 7) is 0. The molecule has 0 heterocycles. The van der Waals surface area contributed by atoms with Crippen LogP contribution in [0.2, 0.25) is 0 Å². The summed E-state index contributed by atoms with van der Waals surface area (Å²) in [6, 6.07) is 7.68. The van der Waals surface area contributed by atoms with Crippen molar-refractivity contribution in [1.82, 2.24) is 9.44 Å². The molecule has 1 aromatic carbocycles. The molecule has 0 aliphatic rings. The van der Waals surface area contributed by atoms with Crippen molar-refractivity contribution in [3.05, 3.63) is 35.9 Å². The van der Waals surface area contributed by atoms with Gasteiger partial charge in [-0.05, 0) is 18.4 Å². The fourth-order valence-electron chi connectivity index (χ4n) is 1.56. The number of methoxy groups -OCH3 is 1. The zero-order chi connectivity index (χ0) is 15.9. The van der Waals surface area contributed by atoms with Gasteiger partial charge in [0.1, 0.15) is 6.04 Å².